The largest absolute Gasteiger partial charge is 0.564 e. The van der Waals surface area contributed by atoms with Crippen LogP contribution in [0.1, 0.15) is 5.56 Å². The van der Waals surface area contributed by atoms with Crippen LogP contribution in [0.2, 0.25) is 5.02 Å². The molecule has 0 amide bonds. The second-order valence-corrected chi connectivity index (χ2v) is 8.49. The minimum Gasteiger partial charge on any atom is -0.564 e. The predicted molar refractivity (Wildman–Crippen MR) is 101 cm³/mol. The van der Waals surface area contributed by atoms with Gasteiger partial charge < -0.3 is 10.0 Å². The van der Waals surface area contributed by atoms with E-state index in [-0.39, 0.29) is 11.3 Å². The molecule has 0 aromatic heterocycles. The molecule has 138 valence electrons. The van der Waals surface area contributed by atoms with Crippen LogP contribution in [0.3, 0.4) is 0 Å². The van der Waals surface area contributed by atoms with Crippen molar-refractivity contribution in [3.05, 3.63) is 59.1 Å². The van der Waals surface area contributed by atoms with E-state index in [9.17, 15) is 13.2 Å². The first-order chi connectivity index (χ1) is 12.4. The number of sulfonamides is 1. The molecule has 0 atom stereocenters. The average molecular weight is 396 g/mol. The number of hydrogen-bond donors (Lipinski definition) is 0. The third kappa shape index (κ3) is 4.17. The maximum atomic E-state index is 12.9. The van der Waals surface area contributed by atoms with E-state index in [1.54, 1.807) is 12.1 Å². The second-order valence-electron chi connectivity index (χ2n) is 6.11. The van der Waals surface area contributed by atoms with Gasteiger partial charge in [0.25, 0.3) is 0 Å². The number of halogens is 1. The fraction of sp³-hybridized carbons (Fsp3) is 0.278. The fourth-order valence-electron chi connectivity index (χ4n) is 2.99. The molecule has 1 heterocycles. The first kappa shape index (κ1) is 18.7. The normalized spacial score (nSPS) is 15.8. The Morgan fingerprint density at radius 1 is 1.04 bits per heavy atom. The molecule has 1 aliphatic heterocycles. The van der Waals surface area contributed by atoms with Gasteiger partial charge in [0.05, 0.1) is 4.90 Å². The fourth-order valence-corrected chi connectivity index (χ4v) is 4.61. The van der Waals surface area contributed by atoms with Gasteiger partial charge in [-0.3, -0.25) is 0 Å². The molecule has 1 aliphatic rings. The van der Waals surface area contributed by atoms with Crippen LogP contribution in [0.4, 0.5) is 5.69 Å². The number of rotatable bonds is 5. The van der Waals surface area contributed by atoms with Crippen LogP contribution in [0, 0.1) is 0 Å². The third-order valence-electron chi connectivity index (χ3n) is 4.33. The zero-order valence-electron chi connectivity index (χ0n) is 14.1. The molecule has 8 heteroatoms. The molecule has 2 aromatic carbocycles. The molecule has 6 nitrogen and oxygen atoms in total. The summed E-state index contributed by atoms with van der Waals surface area (Å²) in [5.41, 5.74) is 1.55. The molecule has 1 saturated heterocycles. The Morgan fingerprint density at radius 3 is 2.31 bits per heavy atom. The molecule has 3 rings (SSSR count). The van der Waals surface area contributed by atoms with Crippen molar-refractivity contribution < 1.29 is 18.3 Å². The van der Waals surface area contributed by atoms with Crippen LogP contribution in [-0.4, -0.2) is 50.0 Å². The number of carbonyl (C=O) groups is 1. The lowest BCUT2D eigenvalue weighted by atomic mass is 10.2. The molecule has 0 saturated carbocycles. The summed E-state index contributed by atoms with van der Waals surface area (Å²) in [6, 6.07) is 13.8. The van der Waals surface area contributed by atoms with E-state index in [0.29, 0.717) is 36.8 Å². The third-order valence-corrected chi connectivity index (χ3v) is 6.48. The van der Waals surface area contributed by atoms with Crippen LogP contribution < -0.4 is 4.90 Å². The molecule has 0 aliphatic carbocycles. The topological polar surface area (TPSA) is 80.6 Å². The minimum absolute atomic E-state index is 0.0896. The van der Waals surface area contributed by atoms with Gasteiger partial charge in [-0.1, -0.05) is 23.7 Å². The van der Waals surface area contributed by atoms with Crippen molar-refractivity contribution in [1.29, 1.82) is 0 Å². The van der Waals surface area contributed by atoms with Crippen molar-refractivity contribution in [3.8, 4) is 0 Å². The number of hydrogen-bond acceptors (Lipinski definition) is 4. The van der Waals surface area contributed by atoms with Crippen LogP contribution >= 0.6 is 11.6 Å². The average Bonchev–Trinajstić information content (AvgIpc) is 2.62. The summed E-state index contributed by atoms with van der Waals surface area (Å²) >= 11 is 5.91. The highest BCUT2D eigenvalue weighted by Crippen LogP contribution is 2.23. The summed E-state index contributed by atoms with van der Waals surface area (Å²) in [7, 11) is -3.62. The Balaban J connectivity index is 1.71. The predicted octanol–water partition coefficient (Wildman–Crippen LogP) is 1.64. The Morgan fingerprint density at radius 2 is 1.69 bits per heavy atom. The maximum Gasteiger partial charge on any atom is 0.520 e. The molecular formula is C18H20ClN2O4S+. The molecule has 2 aromatic rings. The molecular weight excluding hydrogens is 376 g/mol. The summed E-state index contributed by atoms with van der Waals surface area (Å²) in [4.78, 5) is 13.2. The van der Waals surface area contributed by atoms with E-state index in [2.05, 4.69) is 4.90 Å². The zero-order chi connectivity index (χ0) is 18.7. The van der Waals surface area contributed by atoms with Gasteiger partial charge in [-0.15, -0.1) is 0 Å². The quantitative estimate of drug-likeness (QED) is 0.721. The van der Waals surface area contributed by atoms with E-state index in [1.165, 1.54) is 16.4 Å². The van der Waals surface area contributed by atoms with Crippen LogP contribution in [0.5, 0.6) is 0 Å². The lowest BCUT2D eigenvalue weighted by molar-refractivity contribution is -0.136. The Bertz CT molecular complexity index is 892. The maximum absolute atomic E-state index is 12.9. The number of nitrogens with zero attached hydrogens (tertiary/aromatic N) is 2. The molecule has 26 heavy (non-hydrogen) atoms. The first-order valence-electron chi connectivity index (χ1n) is 8.20. The highest BCUT2D eigenvalue weighted by atomic mass is 35.5. The van der Waals surface area contributed by atoms with Gasteiger partial charge in [0.2, 0.25) is 10.0 Å². The lowest BCUT2D eigenvalue weighted by Gasteiger charge is -2.35. The standard InChI is InChI=1S/C18H19ClN2O4S/c19-15-4-6-16(7-5-15)20-8-10-21(11-9-20)26(24,25)17-3-1-2-14(12-17)13-18(22)23/h1-7,12H,8-11,13H2,(H,22,23)/p+1. The Hall–Kier alpha value is -2.09. The van der Waals surface area contributed by atoms with Crippen molar-refractivity contribution in [2.24, 2.45) is 0 Å². The Kier molecular flexibility index (Phi) is 5.50. The number of anilines is 1. The summed E-state index contributed by atoms with van der Waals surface area (Å²) in [6.07, 6.45) is -0.0896. The van der Waals surface area contributed by atoms with Crippen LogP contribution in [0.15, 0.2) is 53.4 Å². The summed E-state index contributed by atoms with van der Waals surface area (Å²) in [5, 5.41) is 7.71. The van der Waals surface area contributed by atoms with Gasteiger partial charge >= 0.3 is 5.97 Å². The van der Waals surface area contributed by atoms with Gasteiger partial charge in [0, 0.05) is 41.7 Å². The van der Waals surface area contributed by atoms with Crippen LogP contribution in [-0.2, 0) is 21.2 Å². The summed E-state index contributed by atoms with van der Waals surface area (Å²) < 4.78 is 27.2. The smallest absolute Gasteiger partial charge is 0.520 e. The second kappa shape index (κ2) is 7.65. The van der Waals surface area contributed by atoms with Gasteiger partial charge in [-0.05, 0) is 42.0 Å². The number of carbonyl (C=O) groups excluding carboxylic acids is 1. The van der Waals surface area contributed by atoms with Gasteiger partial charge in [0.15, 0.2) is 0 Å². The molecule has 0 radical (unpaired) electrons. The van der Waals surface area contributed by atoms with Crippen molar-refractivity contribution in [2.75, 3.05) is 31.1 Å². The first-order valence-corrected chi connectivity index (χ1v) is 10.0. The number of benzene rings is 2. The van der Waals surface area contributed by atoms with E-state index in [4.69, 9.17) is 16.7 Å². The van der Waals surface area contributed by atoms with Crippen molar-refractivity contribution in [2.45, 2.75) is 11.3 Å². The molecule has 2 N–H and O–H groups in total. The van der Waals surface area contributed by atoms with Gasteiger partial charge in [-0.25, -0.2) is 8.42 Å². The van der Waals surface area contributed by atoms with Gasteiger partial charge in [-0.2, -0.15) is 4.31 Å². The van der Waals surface area contributed by atoms with Gasteiger partial charge in [0.1, 0.15) is 6.42 Å². The zero-order valence-corrected chi connectivity index (χ0v) is 15.6. The van der Waals surface area contributed by atoms with Crippen LogP contribution in [0.25, 0.3) is 0 Å². The monoisotopic (exact) mass is 395 g/mol. The minimum atomic E-state index is -3.62. The summed E-state index contributed by atoms with van der Waals surface area (Å²) in [6.45, 7) is 1.94. The number of piperazine rings is 1. The summed E-state index contributed by atoms with van der Waals surface area (Å²) in [5.74, 6) is -0.740. The molecule has 1 fully saturated rings. The van der Waals surface area contributed by atoms with Crippen molar-refractivity contribution in [3.63, 3.8) is 0 Å². The van der Waals surface area contributed by atoms with E-state index >= 15 is 0 Å². The SMILES string of the molecule is O=C([OH2+])Cc1cccc(S(=O)(=O)N2CCN(c3ccc(Cl)cc3)CC2)c1. The van der Waals surface area contributed by atoms with E-state index in [1.807, 2.05) is 24.3 Å². The van der Waals surface area contributed by atoms with E-state index < -0.39 is 16.0 Å². The highest BCUT2D eigenvalue weighted by molar-refractivity contribution is 7.89. The Labute approximate surface area is 157 Å². The van der Waals surface area contributed by atoms with Crippen molar-refractivity contribution in [1.82, 2.24) is 4.31 Å². The van der Waals surface area contributed by atoms with Crippen molar-refractivity contribution >= 4 is 33.3 Å². The molecule has 0 unspecified atom stereocenters. The molecule has 0 spiro atoms. The van der Waals surface area contributed by atoms with E-state index in [0.717, 1.165) is 5.69 Å². The molecule has 0 bridgehead atoms. The lowest BCUT2D eigenvalue weighted by Crippen LogP contribution is -2.48. The highest BCUT2D eigenvalue weighted by Gasteiger charge is 2.29.